The van der Waals surface area contributed by atoms with E-state index in [1.807, 2.05) is 0 Å². The minimum Gasteiger partial charge on any atom is -0.508 e. The molecule has 3 N–H and O–H groups in total. The summed E-state index contributed by atoms with van der Waals surface area (Å²) in [5.41, 5.74) is 2.31. The van der Waals surface area contributed by atoms with Crippen molar-refractivity contribution in [1.82, 2.24) is 0 Å². The summed E-state index contributed by atoms with van der Waals surface area (Å²) < 4.78 is 0. The predicted molar refractivity (Wildman–Crippen MR) is 63.1 cm³/mol. The molecule has 0 amide bonds. The van der Waals surface area contributed by atoms with Crippen LogP contribution in [-0.2, 0) is 0 Å². The van der Waals surface area contributed by atoms with Gasteiger partial charge in [0.25, 0.3) is 0 Å². The fraction of sp³-hybridized carbons (Fsp3) is 0. The Hall–Kier alpha value is -2.29. The first-order valence-electron chi connectivity index (χ1n) is 4.83. The Morgan fingerprint density at radius 3 is 2.12 bits per heavy atom. The summed E-state index contributed by atoms with van der Waals surface area (Å²) in [6.45, 7) is 0. The topological polar surface area (TPSA) is 64.3 Å². The second-order valence-electron chi connectivity index (χ2n) is 3.46. The van der Waals surface area contributed by atoms with Gasteiger partial charge >= 0.3 is 0 Å². The largest absolute Gasteiger partial charge is 0.508 e. The van der Waals surface area contributed by atoms with E-state index in [-0.39, 0.29) is 11.5 Å². The molecule has 0 aliphatic carbocycles. The molecule has 3 heteroatoms. The first-order valence-corrected chi connectivity index (χ1v) is 4.83. The monoisotopic (exact) mass is 213 g/mol. The van der Waals surface area contributed by atoms with Gasteiger partial charge in [0.15, 0.2) is 0 Å². The van der Waals surface area contributed by atoms with E-state index in [4.69, 9.17) is 5.41 Å². The zero-order valence-electron chi connectivity index (χ0n) is 8.51. The Morgan fingerprint density at radius 2 is 1.50 bits per heavy atom. The minimum atomic E-state index is 0.0949. The minimum absolute atomic E-state index is 0.0949. The van der Waals surface area contributed by atoms with Crippen LogP contribution in [-0.4, -0.2) is 16.4 Å². The lowest BCUT2D eigenvalue weighted by Gasteiger charge is -2.04. The van der Waals surface area contributed by atoms with Gasteiger partial charge < -0.3 is 15.6 Å². The predicted octanol–water partition coefficient (Wildman–Crippen LogP) is 2.76. The molecule has 0 radical (unpaired) electrons. The molecule has 0 aromatic heterocycles. The standard InChI is InChI=1S/C13H11NO2/c14-8-11-7-10(3-6-13(11)16)9-1-4-12(15)5-2-9/h1-8,14-16H. The number of benzene rings is 2. The SMILES string of the molecule is N=Cc1cc(-c2ccc(O)cc2)ccc1O. The Labute approximate surface area is 93.1 Å². The summed E-state index contributed by atoms with van der Waals surface area (Å²) in [6.07, 6.45) is 1.11. The maximum Gasteiger partial charge on any atom is 0.124 e. The zero-order valence-corrected chi connectivity index (χ0v) is 8.51. The number of phenolic OH excluding ortho intramolecular Hbond substituents is 2. The van der Waals surface area contributed by atoms with E-state index < -0.39 is 0 Å². The van der Waals surface area contributed by atoms with Crippen LogP contribution in [0.5, 0.6) is 11.5 Å². The van der Waals surface area contributed by atoms with Crippen molar-refractivity contribution < 1.29 is 10.2 Å². The molecule has 0 saturated carbocycles. The lowest BCUT2D eigenvalue weighted by Crippen LogP contribution is -1.84. The van der Waals surface area contributed by atoms with Crippen molar-refractivity contribution in [3.05, 3.63) is 48.0 Å². The lowest BCUT2D eigenvalue weighted by molar-refractivity contribution is 0.474. The summed E-state index contributed by atoms with van der Waals surface area (Å²) in [5, 5.41) is 25.8. The first kappa shape index (κ1) is 10.2. The van der Waals surface area contributed by atoms with Crippen molar-refractivity contribution in [3.8, 4) is 22.6 Å². The van der Waals surface area contributed by atoms with E-state index in [2.05, 4.69) is 0 Å². The first-order chi connectivity index (χ1) is 7.70. The second-order valence-corrected chi connectivity index (χ2v) is 3.46. The maximum atomic E-state index is 9.43. The van der Waals surface area contributed by atoms with Gasteiger partial charge in [-0.1, -0.05) is 18.2 Å². The van der Waals surface area contributed by atoms with E-state index in [0.717, 1.165) is 17.3 Å². The molecule has 0 aliphatic heterocycles. The van der Waals surface area contributed by atoms with Gasteiger partial charge in [0, 0.05) is 11.8 Å². The Bertz CT molecular complexity index is 518. The third-order valence-electron chi connectivity index (χ3n) is 2.38. The van der Waals surface area contributed by atoms with Gasteiger partial charge in [-0.05, 0) is 35.4 Å². The summed E-state index contributed by atoms with van der Waals surface area (Å²) in [5.74, 6) is 0.312. The van der Waals surface area contributed by atoms with Crippen molar-refractivity contribution in [1.29, 1.82) is 5.41 Å². The van der Waals surface area contributed by atoms with Crippen LogP contribution in [0.15, 0.2) is 42.5 Å². The number of rotatable bonds is 2. The molecule has 2 aromatic rings. The van der Waals surface area contributed by atoms with Crippen molar-refractivity contribution >= 4 is 6.21 Å². The highest BCUT2D eigenvalue weighted by Gasteiger charge is 2.02. The fourth-order valence-electron chi connectivity index (χ4n) is 1.50. The molecule has 2 aromatic carbocycles. The van der Waals surface area contributed by atoms with Crippen LogP contribution in [0.25, 0.3) is 11.1 Å². The van der Waals surface area contributed by atoms with Crippen LogP contribution in [0, 0.1) is 5.41 Å². The molecular formula is C13H11NO2. The van der Waals surface area contributed by atoms with E-state index >= 15 is 0 Å². The molecule has 0 fully saturated rings. The molecule has 0 spiro atoms. The van der Waals surface area contributed by atoms with E-state index in [9.17, 15) is 10.2 Å². The van der Waals surface area contributed by atoms with Crippen molar-refractivity contribution in [2.75, 3.05) is 0 Å². The molecule has 0 aliphatic rings. The van der Waals surface area contributed by atoms with Gasteiger partial charge in [0.05, 0.1) is 0 Å². The molecule has 2 rings (SSSR count). The Balaban J connectivity index is 2.48. The summed E-state index contributed by atoms with van der Waals surface area (Å²) in [4.78, 5) is 0. The van der Waals surface area contributed by atoms with Gasteiger partial charge in [-0.25, -0.2) is 0 Å². The number of nitrogens with one attached hydrogen (secondary N) is 1. The molecule has 0 heterocycles. The number of hydrogen-bond donors (Lipinski definition) is 3. The van der Waals surface area contributed by atoms with Crippen LogP contribution in [0.2, 0.25) is 0 Å². The highest BCUT2D eigenvalue weighted by atomic mass is 16.3. The van der Waals surface area contributed by atoms with Crippen molar-refractivity contribution in [3.63, 3.8) is 0 Å². The molecule has 16 heavy (non-hydrogen) atoms. The zero-order chi connectivity index (χ0) is 11.5. The normalized spacial score (nSPS) is 10.0. The van der Waals surface area contributed by atoms with Crippen LogP contribution < -0.4 is 0 Å². The van der Waals surface area contributed by atoms with Gasteiger partial charge in [0.2, 0.25) is 0 Å². The average molecular weight is 213 g/mol. The molecule has 0 atom stereocenters. The number of aromatic hydroxyl groups is 2. The number of phenols is 2. The Kier molecular flexibility index (Phi) is 2.60. The fourth-order valence-corrected chi connectivity index (χ4v) is 1.50. The molecule has 0 bridgehead atoms. The molecule has 80 valence electrons. The quantitative estimate of drug-likeness (QED) is 0.671. The lowest BCUT2D eigenvalue weighted by atomic mass is 10.0. The maximum absolute atomic E-state index is 9.43. The highest BCUT2D eigenvalue weighted by Crippen LogP contribution is 2.26. The second kappa shape index (κ2) is 4.06. The molecule has 0 saturated heterocycles. The van der Waals surface area contributed by atoms with Crippen LogP contribution in [0.4, 0.5) is 0 Å². The van der Waals surface area contributed by atoms with Crippen LogP contribution in [0.1, 0.15) is 5.56 Å². The Morgan fingerprint density at radius 1 is 0.875 bits per heavy atom. The molecule has 0 unspecified atom stereocenters. The average Bonchev–Trinajstić information content (AvgIpc) is 2.31. The van der Waals surface area contributed by atoms with E-state index in [1.54, 1.807) is 42.5 Å². The third kappa shape index (κ3) is 1.88. The number of hydrogen-bond acceptors (Lipinski definition) is 3. The van der Waals surface area contributed by atoms with Gasteiger partial charge in [-0.2, -0.15) is 0 Å². The van der Waals surface area contributed by atoms with Crippen LogP contribution in [0.3, 0.4) is 0 Å². The van der Waals surface area contributed by atoms with Crippen molar-refractivity contribution in [2.24, 2.45) is 0 Å². The van der Waals surface area contributed by atoms with Gasteiger partial charge in [-0.15, -0.1) is 0 Å². The van der Waals surface area contributed by atoms with E-state index in [0.29, 0.717) is 5.56 Å². The molecular weight excluding hydrogens is 202 g/mol. The van der Waals surface area contributed by atoms with Crippen molar-refractivity contribution in [2.45, 2.75) is 0 Å². The van der Waals surface area contributed by atoms with Gasteiger partial charge in [-0.3, -0.25) is 0 Å². The summed E-state index contributed by atoms with van der Waals surface area (Å²) in [7, 11) is 0. The summed E-state index contributed by atoms with van der Waals surface area (Å²) >= 11 is 0. The highest BCUT2D eigenvalue weighted by molar-refractivity contribution is 5.84. The third-order valence-corrected chi connectivity index (χ3v) is 2.38. The van der Waals surface area contributed by atoms with Crippen LogP contribution >= 0.6 is 0 Å². The summed E-state index contributed by atoms with van der Waals surface area (Å²) in [6, 6.07) is 11.8. The molecule has 3 nitrogen and oxygen atoms in total. The van der Waals surface area contributed by atoms with E-state index in [1.165, 1.54) is 0 Å². The van der Waals surface area contributed by atoms with Gasteiger partial charge in [0.1, 0.15) is 11.5 Å². The smallest absolute Gasteiger partial charge is 0.124 e.